The maximum absolute atomic E-state index is 2.48. The Balaban J connectivity index is 0.983. The highest BCUT2D eigenvalue weighted by Gasteiger charge is 2.38. The summed E-state index contributed by atoms with van der Waals surface area (Å²) < 4.78 is 0. The fourth-order valence-electron chi connectivity index (χ4n) is 10.4. The minimum absolute atomic E-state index is 0.0118. The molecule has 0 nitrogen and oxygen atoms in total. The van der Waals surface area contributed by atoms with Crippen LogP contribution in [0.3, 0.4) is 0 Å². The Bertz CT molecular complexity index is 2910. The molecule has 0 amide bonds. The molecule has 0 atom stereocenters. The minimum atomic E-state index is -0.117. The Morgan fingerprint density at radius 1 is 0.264 bits per heavy atom. The second-order valence-corrected chi connectivity index (χ2v) is 17.4. The highest BCUT2D eigenvalue weighted by Crippen LogP contribution is 2.54. The molecule has 0 radical (unpaired) electrons. The number of rotatable bonds is 2. The quantitative estimate of drug-likeness (QED) is 0.160. The van der Waals surface area contributed by atoms with E-state index in [2.05, 4.69) is 187 Å². The summed E-state index contributed by atoms with van der Waals surface area (Å²) in [7, 11) is 0. The van der Waals surface area contributed by atoms with Crippen molar-refractivity contribution in [3.63, 3.8) is 0 Å². The fraction of sp³-hybridized carbons (Fsp3) is 0.170. The lowest BCUT2D eigenvalue weighted by Crippen LogP contribution is -2.15. The van der Waals surface area contributed by atoms with Gasteiger partial charge in [0.05, 0.1) is 0 Å². The van der Waals surface area contributed by atoms with Crippen molar-refractivity contribution in [3.8, 4) is 55.6 Å². The smallest absolute Gasteiger partial charge is 0.0159 e. The van der Waals surface area contributed by atoms with E-state index in [-0.39, 0.29) is 16.2 Å². The van der Waals surface area contributed by atoms with Gasteiger partial charge in [0.15, 0.2) is 0 Å². The van der Waals surface area contributed by atoms with E-state index in [1.807, 2.05) is 0 Å². The SMILES string of the molecule is CC1(C)c2ccccc2-c2ccc(-c3ccc4c(c3)C(C)(C)c3cc(-c5ccc6ccc7cc8c(cc7c6c5)C(C)(C)c5ccccc5-8)ccc3-4)cc21. The second kappa shape index (κ2) is 10.2. The first kappa shape index (κ1) is 30.9. The third-order valence-corrected chi connectivity index (χ3v) is 13.5. The number of benzene rings is 8. The fourth-order valence-corrected chi connectivity index (χ4v) is 10.4. The van der Waals surface area contributed by atoms with Crippen LogP contribution < -0.4 is 0 Å². The maximum Gasteiger partial charge on any atom is 0.0159 e. The van der Waals surface area contributed by atoms with E-state index in [4.69, 9.17) is 0 Å². The van der Waals surface area contributed by atoms with E-state index in [0.717, 1.165) is 0 Å². The molecule has 0 aromatic heterocycles. The van der Waals surface area contributed by atoms with Crippen LogP contribution >= 0.6 is 0 Å². The summed E-state index contributed by atoms with van der Waals surface area (Å²) in [5, 5.41) is 5.25. The van der Waals surface area contributed by atoms with Crippen LogP contribution in [-0.2, 0) is 16.2 Å². The molecular formula is C53H42. The first-order chi connectivity index (χ1) is 25.5. The van der Waals surface area contributed by atoms with E-state index >= 15 is 0 Å². The van der Waals surface area contributed by atoms with Crippen LogP contribution in [0.5, 0.6) is 0 Å². The second-order valence-electron chi connectivity index (χ2n) is 17.4. The van der Waals surface area contributed by atoms with Gasteiger partial charge >= 0.3 is 0 Å². The summed E-state index contributed by atoms with van der Waals surface area (Å²) >= 11 is 0. The maximum atomic E-state index is 2.48. The van der Waals surface area contributed by atoms with E-state index < -0.39 is 0 Å². The van der Waals surface area contributed by atoms with Crippen LogP contribution in [0.25, 0.3) is 77.2 Å². The number of hydrogen-bond donors (Lipinski definition) is 0. The minimum Gasteiger partial charge on any atom is -0.0619 e. The monoisotopic (exact) mass is 678 g/mol. The van der Waals surface area contributed by atoms with Gasteiger partial charge in [-0.15, -0.1) is 0 Å². The van der Waals surface area contributed by atoms with E-state index in [1.54, 1.807) is 0 Å². The average molecular weight is 679 g/mol. The topological polar surface area (TPSA) is 0 Å². The summed E-state index contributed by atoms with van der Waals surface area (Å²) in [4.78, 5) is 0. The van der Waals surface area contributed by atoms with Crippen molar-refractivity contribution in [2.75, 3.05) is 0 Å². The lowest BCUT2D eigenvalue weighted by molar-refractivity contribution is 0.659. The van der Waals surface area contributed by atoms with Crippen molar-refractivity contribution < 1.29 is 0 Å². The van der Waals surface area contributed by atoms with Crippen molar-refractivity contribution in [2.24, 2.45) is 0 Å². The van der Waals surface area contributed by atoms with Crippen molar-refractivity contribution in [1.29, 1.82) is 0 Å². The molecule has 0 heteroatoms. The highest BCUT2D eigenvalue weighted by atomic mass is 14.4. The summed E-state index contributed by atoms with van der Waals surface area (Å²) in [6.07, 6.45) is 0. The molecule has 0 fully saturated rings. The van der Waals surface area contributed by atoms with Gasteiger partial charge in [0, 0.05) is 16.2 Å². The Hall–Kier alpha value is -5.72. The van der Waals surface area contributed by atoms with Crippen LogP contribution in [0, 0.1) is 0 Å². The van der Waals surface area contributed by atoms with Gasteiger partial charge < -0.3 is 0 Å². The summed E-state index contributed by atoms with van der Waals surface area (Å²) in [5.74, 6) is 0. The van der Waals surface area contributed by atoms with Crippen molar-refractivity contribution in [1.82, 2.24) is 0 Å². The predicted molar refractivity (Wildman–Crippen MR) is 225 cm³/mol. The van der Waals surface area contributed by atoms with Gasteiger partial charge in [-0.3, -0.25) is 0 Å². The zero-order chi connectivity index (χ0) is 36.0. The van der Waals surface area contributed by atoms with Gasteiger partial charge in [-0.1, -0.05) is 151 Å². The molecule has 53 heavy (non-hydrogen) atoms. The third kappa shape index (κ3) is 4.07. The van der Waals surface area contributed by atoms with Crippen molar-refractivity contribution >= 4 is 21.5 Å². The Labute approximate surface area is 312 Å². The van der Waals surface area contributed by atoms with Gasteiger partial charge in [-0.2, -0.15) is 0 Å². The summed E-state index contributed by atoms with van der Waals surface area (Å²) in [6.45, 7) is 14.3. The molecular weight excluding hydrogens is 637 g/mol. The molecule has 0 saturated carbocycles. The molecule has 0 saturated heterocycles. The van der Waals surface area contributed by atoms with Crippen molar-refractivity contribution in [2.45, 2.75) is 57.8 Å². The normalized spacial score (nSPS) is 16.2. The summed E-state index contributed by atoms with van der Waals surface area (Å²) in [6, 6.07) is 55.9. The average Bonchev–Trinajstić information content (AvgIpc) is 3.65. The number of hydrogen-bond acceptors (Lipinski definition) is 0. The zero-order valence-electron chi connectivity index (χ0n) is 31.4. The highest BCUT2D eigenvalue weighted by molar-refractivity contribution is 6.11. The molecule has 8 aromatic rings. The zero-order valence-corrected chi connectivity index (χ0v) is 31.4. The van der Waals surface area contributed by atoms with E-state index in [9.17, 15) is 0 Å². The Morgan fingerprint density at radius 2 is 0.623 bits per heavy atom. The van der Waals surface area contributed by atoms with E-state index in [0.29, 0.717) is 0 Å². The molecule has 3 aliphatic carbocycles. The third-order valence-electron chi connectivity index (χ3n) is 13.5. The molecule has 0 unspecified atom stereocenters. The lowest BCUT2D eigenvalue weighted by atomic mass is 9.80. The standard InChI is InChI=1S/C53H42/c1-51(2)45-13-9-7-11-37(45)39-22-20-34(28-47(39)51)35-21-24-41-40-23-19-33(27-48(40)53(5,6)49(41)29-35)32-17-15-31-16-18-36-26-44-38-12-8-10-14-46(38)52(3,4)50(44)30-43(36)42(31)25-32/h7-30H,1-6H3. The molecule has 254 valence electrons. The van der Waals surface area contributed by atoms with Gasteiger partial charge in [0.1, 0.15) is 0 Å². The summed E-state index contributed by atoms with van der Waals surface area (Å²) in [5.41, 5.74) is 21.7. The Kier molecular flexibility index (Phi) is 5.96. The molecule has 8 aromatic carbocycles. The van der Waals surface area contributed by atoms with Gasteiger partial charge in [0.25, 0.3) is 0 Å². The molecule has 0 N–H and O–H groups in total. The molecule has 0 spiro atoms. The lowest BCUT2D eigenvalue weighted by Gasteiger charge is -2.23. The molecule has 0 heterocycles. The van der Waals surface area contributed by atoms with E-state index in [1.165, 1.54) is 111 Å². The predicted octanol–water partition coefficient (Wildman–Crippen LogP) is 14.2. The van der Waals surface area contributed by atoms with Gasteiger partial charge in [0.2, 0.25) is 0 Å². The van der Waals surface area contributed by atoms with Crippen LogP contribution in [0.1, 0.15) is 74.9 Å². The molecule has 0 bridgehead atoms. The number of fused-ring (bicyclic) bond motifs is 12. The molecule has 0 aliphatic heterocycles. The van der Waals surface area contributed by atoms with Crippen LogP contribution in [-0.4, -0.2) is 0 Å². The first-order valence-electron chi connectivity index (χ1n) is 19.2. The van der Waals surface area contributed by atoms with Gasteiger partial charge in [-0.25, -0.2) is 0 Å². The van der Waals surface area contributed by atoms with Crippen LogP contribution in [0.4, 0.5) is 0 Å². The Morgan fingerprint density at radius 3 is 1.17 bits per heavy atom. The van der Waals surface area contributed by atoms with Crippen molar-refractivity contribution in [3.05, 3.63) is 179 Å². The largest absolute Gasteiger partial charge is 0.0619 e. The van der Waals surface area contributed by atoms with Crippen LogP contribution in [0.15, 0.2) is 146 Å². The van der Waals surface area contributed by atoms with Gasteiger partial charge in [-0.05, 0) is 147 Å². The first-order valence-corrected chi connectivity index (χ1v) is 19.2. The molecule has 11 rings (SSSR count). The molecule has 3 aliphatic rings. The van der Waals surface area contributed by atoms with Crippen LogP contribution in [0.2, 0.25) is 0 Å².